The molecule has 80 valence electrons. The second-order valence-electron chi connectivity index (χ2n) is 3.13. The quantitative estimate of drug-likeness (QED) is 0.885. The Morgan fingerprint density at radius 2 is 2.20 bits per heavy atom. The fourth-order valence-electron chi connectivity index (χ4n) is 1.58. The average molecular weight is 239 g/mol. The molecule has 15 heavy (non-hydrogen) atoms. The Labute approximate surface area is 97.5 Å². The molecule has 1 atom stereocenters. The number of hydrogen-bond acceptors (Lipinski definition) is 4. The third-order valence-electron chi connectivity index (χ3n) is 2.30. The molecular weight excluding hydrogens is 226 g/mol. The van der Waals surface area contributed by atoms with Gasteiger partial charge < -0.3 is 10.1 Å². The predicted octanol–water partition coefficient (Wildman–Crippen LogP) is 3.13. The molecule has 0 saturated heterocycles. The first-order chi connectivity index (χ1) is 7.36. The molecule has 1 unspecified atom stereocenters. The van der Waals surface area contributed by atoms with Crippen LogP contribution in [0.25, 0.3) is 0 Å². The molecule has 0 fully saturated rings. The smallest absolute Gasteiger partial charge is 0.134 e. The van der Waals surface area contributed by atoms with Gasteiger partial charge in [-0.1, -0.05) is 0 Å². The number of thiophene rings is 2. The van der Waals surface area contributed by atoms with E-state index in [1.807, 2.05) is 13.1 Å². The molecule has 2 heterocycles. The first kappa shape index (κ1) is 10.7. The predicted molar refractivity (Wildman–Crippen MR) is 66.1 cm³/mol. The van der Waals surface area contributed by atoms with Gasteiger partial charge in [-0.25, -0.2) is 0 Å². The molecule has 0 amide bonds. The fraction of sp³-hybridized carbons (Fsp3) is 0.273. The van der Waals surface area contributed by atoms with Gasteiger partial charge in [0.2, 0.25) is 0 Å². The lowest BCUT2D eigenvalue weighted by atomic mass is 10.1. The standard InChI is InChI=1S/C11H13NOS2/c1-12-10(8-3-5-14-7-8)11-9(13-2)4-6-15-11/h3-7,10,12H,1-2H3. The maximum Gasteiger partial charge on any atom is 0.134 e. The molecule has 0 aliphatic rings. The van der Waals surface area contributed by atoms with Gasteiger partial charge in [0, 0.05) is 0 Å². The molecule has 0 radical (unpaired) electrons. The number of rotatable bonds is 4. The van der Waals surface area contributed by atoms with Gasteiger partial charge in [0.25, 0.3) is 0 Å². The first-order valence-electron chi connectivity index (χ1n) is 4.67. The summed E-state index contributed by atoms with van der Waals surface area (Å²) in [6, 6.07) is 4.40. The Hall–Kier alpha value is -0.840. The van der Waals surface area contributed by atoms with E-state index in [0.717, 1.165) is 5.75 Å². The van der Waals surface area contributed by atoms with Gasteiger partial charge in [0.15, 0.2) is 0 Å². The van der Waals surface area contributed by atoms with Crippen molar-refractivity contribution in [2.45, 2.75) is 6.04 Å². The molecule has 2 aromatic rings. The Kier molecular flexibility index (Phi) is 3.41. The van der Waals surface area contributed by atoms with E-state index in [0.29, 0.717) is 0 Å². The second kappa shape index (κ2) is 4.79. The zero-order valence-electron chi connectivity index (χ0n) is 8.69. The van der Waals surface area contributed by atoms with Crippen LogP contribution in [0.15, 0.2) is 28.3 Å². The van der Waals surface area contributed by atoms with Gasteiger partial charge in [-0.3, -0.25) is 0 Å². The summed E-state index contributed by atoms with van der Waals surface area (Å²) in [6.07, 6.45) is 0. The summed E-state index contributed by atoms with van der Waals surface area (Å²) in [5.41, 5.74) is 1.29. The fourth-order valence-corrected chi connectivity index (χ4v) is 3.26. The van der Waals surface area contributed by atoms with Crippen molar-refractivity contribution in [1.29, 1.82) is 0 Å². The van der Waals surface area contributed by atoms with Crippen LogP contribution in [0.4, 0.5) is 0 Å². The van der Waals surface area contributed by atoms with Crippen LogP contribution in [0, 0.1) is 0 Å². The van der Waals surface area contributed by atoms with Crippen molar-refractivity contribution in [1.82, 2.24) is 5.32 Å². The molecule has 2 nitrogen and oxygen atoms in total. The second-order valence-corrected chi connectivity index (χ2v) is 4.86. The van der Waals surface area contributed by atoms with Crippen LogP contribution < -0.4 is 10.1 Å². The van der Waals surface area contributed by atoms with Crippen molar-refractivity contribution in [3.05, 3.63) is 38.7 Å². The highest BCUT2D eigenvalue weighted by Gasteiger charge is 2.17. The van der Waals surface area contributed by atoms with Crippen LogP contribution in [-0.4, -0.2) is 14.2 Å². The van der Waals surface area contributed by atoms with Crippen LogP contribution in [-0.2, 0) is 0 Å². The van der Waals surface area contributed by atoms with E-state index >= 15 is 0 Å². The van der Waals surface area contributed by atoms with Gasteiger partial charge in [-0.15, -0.1) is 11.3 Å². The molecule has 2 aromatic heterocycles. The van der Waals surface area contributed by atoms with Crippen LogP contribution >= 0.6 is 22.7 Å². The van der Waals surface area contributed by atoms with Crippen LogP contribution in [0.2, 0.25) is 0 Å². The van der Waals surface area contributed by atoms with E-state index in [1.54, 1.807) is 29.8 Å². The molecule has 4 heteroatoms. The van der Waals surface area contributed by atoms with E-state index in [9.17, 15) is 0 Å². The van der Waals surface area contributed by atoms with Crippen molar-refractivity contribution in [3.63, 3.8) is 0 Å². The number of nitrogens with one attached hydrogen (secondary N) is 1. The van der Waals surface area contributed by atoms with Gasteiger partial charge in [-0.05, 0) is 40.9 Å². The highest BCUT2D eigenvalue weighted by molar-refractivity contribution is 7.10. The lowest BCUT2D eigenvalue weighted by Gasteiger charge is -2.14. The molecule has 0 spiro atoms. The molecule has 0 aliphatic carbocycles. The molecular formula is C11H13NOS2. The molecule has 0 saturated carbocycles. The van der Waals surface area contributed by atoms with Crippen molar-refractivity contribution in [3.8, 4) is 5.75 Å². The van der Waals surface area contributed by atoms with Crippen molar-refractivity contribution >= 4 is 22.7 Å². The Balaban J connectivity index is 2.35. The van der Waals surface area contributed by atoms with Gasteiger partial charge >= 0.3 is 0 Å². The minimum Gasteiger partial charge on any atom is -0.496 e. The Bertz CT molecular complexity index is 408. The summed E-state index contributed by atoms with van der Waals surface area (Å²) >= 11 is 3.44. The van der Waals surface area contributed by atoms with Crippen LogP contribution in [0.1, 0.15) is 16.5 Å². The maximum absolute atomic E-state index is 5.34. The average Bonchev–Trinajstić information content (AvgIpc) is 2.89. The summed E-state index contributed by atoms with van der Waals surface area (Å²) in [4.78, 5) is 1.23. The van der Waals surface area contributed by atoms with Gasteiger partial charge in [-0.2, -0.15) is 11.3 Å². The highest BCUT2D eigenvalue weighted by atomic mass is 32.1. The monoisotopic (exact) mass is 239 g/mol. The third-order valence-corrected chi connectivity index (χ3v) is 3.97. The molecule has 0 aromatic carbocycles. The van der Waals surface area contributed by atoms with Crippen LogP contribution in [0.5, 0.6) is 5.75 Å². The normalized spacial score (nSPS) is 12.7. The summed E-state index contributed by atoms with van der Waals surface area (Å²) in [7, 11) is 3.69. The SMILES string of the molecule is CNC(c1ccsc1)c1sccc1OC. The number of methoxy groups -OCH3 is 1. The summed E-state index contributed by atoms with van der Waals surface area (Å²) in [5, 5.41) is 9.64. The summed E-state index contributed by atoms with van der Waals surface area (Å²) in [6.45, 7) is 0. The lowest BCUT2D eigenvalue weighted by molar-refractivity contribution is 0.409. The number of ether oxygens (including phenoxy) is 1. The zero-order valence-corrected chi connectivity index (χ0v) is 10.3. The van der Waals surface area contributed by atoms with E-state index in [4.69, 9.17) is 4.74 Å². The van der Waals surface area contributed by atoms with E-state index < -0.39 is 0 Å². The van der Waals surface area contributed by atoms with Crippen molar-refractivity contribution in [2.75, 3.05) is 14.2 Å². The molecule has 1 N–H and O–H groups in total. The van der Waals surface area contributed by atoms with E-state index in [2.05, 4.69) is 27.5 Å². The first-order valence-corrected chi connectivity index (χ1v) is 6.49. The minimum atomic E-state index is 0.242. The topological polar surface area (TPSA) is 21.3 Å². The summed E-state index contributed by atoms with van der Waals surface area (Å²) < 4.78 is 5.34. The number of hydrogen-bond donors (Lipinski definition) is 1. The van der Waals surface area contributed by atoms with Gasteiger partial charge in [0.05, 0.1) is 18.0 Å². The molecule has 0 aliphatic heterocycles. The largest absolute Gasteiger partial charge is 0.496 e. The van der Waals surface area contributed by atoms with Crippen LogP contribution in [0.3, 0.4) is 0 Å². The third kappa shape index (κ3) is 2.07. The Morgan fingerprint density at radius 1 is 1.33 bits per heavy atom. The van der Waals surface area contributed by atoms with E-state index in [1.165, 1.54) is 10.4 Å². The minimum absolute atomic E-state index is 0.242. The zero-order chi connectivity index (χ0) is 10.7. The van der Waals surface area contributed by atoms with Crippen molar-refractivity contribution < 1.29 is 4.74 Å². The van der Waals surface area contributed by atoms with Gasteiger partial charge in [0.1, 0.15) is 5.75 Å². The maximum atomic E-state index is 5.34. The van der Waals surface area contributed by atoms with Crippen molar-refractivity contribution in [2.24, 2.45) is 0 Å². The summed E-state index contributed by atoms with van der Waals surface area (Å²) in [5.74, 6) is 0.963. The Morgan fingerprint density at radius 3 is 2.80 bits per heavy atom. The molecule has 2 rings (SSSR count). The molecule has 0 bridgehead atoms. The lowest BCUT2D eigenvalue weighted by Crippen LogP contribution is -2.16. The highest BCUT2D eigenvalue weighted by Crippen LogP contribution is 2.35. The van der Waals surface area contributed by atoms with E-state index in [-0.39, 0.29) is 6.04 Å².